The second-order valence-corrected chi connectivity index (χ2v) is 5.96. The minimum atomic E-state index is -0.206. The molecule has 1 heterocycles. The zero-order valence-corrected chi connectivity index (χ0v) is 14.2. The number of anilines is 1. The van der Waals surface area contributed by atoms with Crippen LogP contribution in [0.15, 0.2) is 65.7 Å². The van der Waals surface area contributed by atoms with E-state index in [-0.39, 0.29) is 5.82 Å². The number of guanidine groups is 1. The number of benzene rings is 2. The Morgan fingerprint density at radius 3 is 2.36 bits per heavy atom. The molecule has 2 aromatic carbocycles. The third kappa shape index (κ3) is 4.83. The standard InChI is InChI=1S/C20H23FN4/c21-18-8-10-19(11-9-18)24-13-15-25(16-14-24)20(22)23-12-4-7-17-5-2-1-3-6-17/h1-11H,12-16H2,(H2,22,23). The molecular weight excluding hydrogens is 315 g/mol. The minimum Gasteiger partial charge on any atom is -0.370 e. The van der Waals surface area contributed by atoms with E-state index < -0.39 is 0 Å². The van der Waals surface area contributed by atoms with Crippen LogP contribution < -0.4 is 10.6 Å². The van der Waals surface area contributed by atoms with E-state index in [0.29, 0.717) is 12.5 Å². The summed E-state index contributed by atoms with van der Waals surface area (Å²) in [6.45, 7) is 3.90. The molecule has 5 heteroatoms. The van der Waals surface area contributed by atoms with Crippen LogP contribution in [0.3, 0.4) is 0 Å². The Kier molecular flexibility index (Phi) is 5.67. The lowest BCUT2D eigenvalue weighted by molar-refractivity contribution is 0.381. The summed E-state index contributed by atoms with van der Waals surface area (Å²) in [5.74, 6) is 0.374. The Hall–Kier alpha value is -2.82. The summed E-state index contributed by atoms with van der Waals surface area (Å²) in [5, 5.41) is 0. The molecule has 0 spiro atoms. The predicted molar refractivity (Wildman–Crippen MR) is 102 cm³/mol. The van der Waals surface area contributed by atoms with Crippen LogP contribution in [0.25, 0.3) is 6.08 Å². The first-order chi connectivity index (χ1) is 12.2. The van der Waals surface area contributed by atoms with Crippen LogP contribution in [-0.4, -0.2) is 43.6 Å². The lowest BCUT2D eigenvalue weighted by Gasteiger charge is -2.36. The summed E-state index contributed by atoms with van der Waals surface area (Å²) in [6.07, 6.45) is 4.06. The molecule has 25 heavy (non-hydrogen) atoms. The number of nitrogens with zero attached hydrogens (tertiary/aromatic N) is 3. The summed E-state index contributed by atoms with van der Waals surface area (Å²) >= 11 is 0. The van der Waals surface area contributed by atoms with E-state index in [0.717, 1.165) is 37.4 Å². The van der Waals surface area contributed by atoms with Crippen molar-refractivity contribution in [2.24, 2.45) is 10.7 Å². The Bertz CT molecular complexity index is 717. The van der Waals surface area contributed by atoms with Gasteiger partial charge in [-0.1, -0.05) is 42.5 Å². The van der Waals surface area contributed by atoms with E-state index in [9.17, 15) is 4.39 Å². The summed E-state index contributed by atoms with van der Waals surface area (Å²) in [7, 11) is 0. The number of hydrogen-bond acceptors (Lipinski definition) is 2. The van der Waals surface area contributed by atoms with Crippen molar-refractivity contribution in [2.45, 2.75) is 0 Å². The number of piperazine rings is 1. The van der Waals surface area contributed by atoms with Gasteiger partial charge in [0, 0.05) is 31.9 Å². The van der Waals surface area contributed by atoms with Gasteiger partial charge >= 0.3 is 0 Å². The van der Waals surface area contributed by atoms with Gasteiger partial charge in [0.25, 0.3) is 0 Å². The molecular formula is C20H23FN4. The Morgan fingerprint density at radius 2 is 1.68 bits per heavy atom. The normalized spacial score (nSPS) is 15.8. The summed E-state index contributed by atoms with van der Waals surface area (Å²) < 4.78 is 13.0. The lowest BCUT2D eigenvalue weighted by Crippen LogP contribution is -2.51. The monoisotopic (exact) mass is 338 g/mol. The Labute approximate surface area is 148 Å². The van der Waals surface area contributed by atoms with E-state index in [4.69, 9.17) is 5.73 Å². The largest absolute Gasteiger partial charge is 0.370 e. The van der Waals surface area contributed by atoms with Crippen LogP contribution in [-0.2, 0) is 0 Å². The van der Waals surface area contributed by atoms with Gasteiger partial charge in [-0.05, 0) is 29.8 Å². The molecule has 1 fully saturated rings. The quantitative estimate of drug-likeness (QED) is 0.689. The molecule has 130 valence electrons. The molecule has 3 rings (SSSR count). The van der Waals surface area contributed by atoms with Crippen LogP contribution >= 0.6 is 0 Å². The first kappa shape index (κ1) is 17.0. The molecule has 0 aromatic heterocycles. The highest BCUT2D eigenvalue weighted by Gasteiger charge is 2.18. The van der Waals surface area contributed by atoms with E-state index in [1.165, 1.54) is 12.1 Å². The highest BCUT2D eigenvalue weighted by molar-refractivity contribution is 5.78. The molecule has 4 nitrogen and oxygen atoms in total. The van der Waals surface area contributed by atoms with Crippen LogP contribution in [0.5, 0.6) is 0 Å². The van der Waals surface area contributed by atoms with Crippen LogP contribution in [0, 0.1) is 5.82 Å². The number of aliphatic imine (C=N–C) groups is 1. The van der Waals surface area contributed by atoms with Gasteiger partial charge < -0.3 is 15.5 Å². The maximum Gasteiger partial charge on any atom is 0.191 e. The smallest absolute Gasteiger partial charge is 0.191 e. The molecule has 0 bridgehead atoms. The van der Waals surface area contributed by atoms with Crippen molar-refractivity contribution in [3.05, 3.63) is 72.1 Å². The van der Waals surface area contributed by atoms with Gasteiger partial charge in [0.2, 0.25) is 0 Å². The summed E-state index contributed by atoms with van der Waals surface area (Å²) in [6, 6.07) is 16.8. The van der Waals surface area contributed by atoms with Gasteiger partial charge in [-0.25, -0.2) is 9.38 Å². The van der Waals surface area contributed by atoms with Crippen molar-refractivity contribution in [1.29, 1.82) is 0 Å². The van der Waals surface area contributed by atoms with E-state index in [1.807, 2.05) is 42.5 Å². The average Bonchev–Trinajstić information content (AvgIpc) is 2.67. The summed E-state index contributed by atoms with van der Waals surface area (Å²) in [5.41, 5.74) is 8.31. The molecule has 0 aliphatic carbocycles. The minimum absolute atomic E-state index is 0.206. The van der Waals surface area contributed by atoms with Crippen LogP contribution in [0.4, 0.5) is 10.1 Å². The number of rotatable bonds is 4. The van der Waals surface area contributed by atoms with Gasteiger partial charge in [-0.15, -0.1) is 0 Å². The summed E-state index contributed by atoms with van der Waals surface area (Å²) in [4.78, 5) is 8.77. The highest BCUT2D eigenvalue weighted by atomic mass is 19.1. The maximum atomic E-state index is 13.0. The zero-order chi connectivity index (χ0) is 17.5. The van der Waals surface area contributed by atoms with Crippen molar-refractivity contribution >= 4 is 17.7 Å². The first-order valence-corrected chi connectivity index (χ1v) is 8.49. The zero-order valence-electron chi connectivity index (χ0n) is 14.2. The van der Waals surface area contributed by atoms with Gasteiger partial charge in [0.05, 0.1) is 6.54 Å². The molecule has 1 saturated heterocycles. The molecule has 0 atom stereocenters. The molecule has 0 radical (unpaired) electrons. The molecule has 2 aromatic rings. The molecule has 0 unspecified atom stereocenters. The van der Waals surface area contributed by atoms with Gasteiger partial charge in [-0.2, -0.15) is 0 Å². The average molecular weight is 338 g/mol. The third-order valence-corrected chi connectivity index (χ3v) is 4.26. The Balaban J connectivity index is 1.48. The van der Waals surface area contributed by atoms with Gasteiger partial charge in [-0.3, -0.25) is 0 Å². The second-order valence-electron chi connectivity index (χ2n) is 5.96. The van der Waals surface area contributed by atoms with Crippen molar-refractivity contribution in [2.75, 3.05) is 37.6 Å². The maximum absolute atomic E-state index is 13.0. The fraction of sp³-hybridized carbons (Fsp3) is 0.250. The van der Waals surface area contributed by atoms with Gasteiger partial charge in [0.1, 0.15) is 5.82 Å². The molecule has 0 saturated carbocycles. The number of nitrogens with two attached hydrogens (primary N) is 1. The predicted octanol–water partition coefficient (Wildman–Crippen LogP) is 2.98. The van der Waals surface area contributed by atoms with E-state index in [2.05, 4.69) is 26.9 Å². The van der Waals surface area contributed by atoms with E-state index >= 15 is 0 Å². The molecule has 0 amide bonds. The van der Waals surface area contributed by atoms with Crippen molar-refractivity contribution in [3.63, 3.8) is 0 Å². The second kappa shape index (κ2) is 8.33. The van der Waals surface area contributed by atoms with Crippen LogP contribution in [0.2, 0.25) is 0 Å². The molecule has 1 aliphatic rings. The number of halogens is 1. The van der Waals surface area contributed by atoms with Gasteiger partial charge in [0.15, 0.2) is 5.96 Å². The van der Waals surface area contributed by atoms with E-state index in [1.54, 1.807) is 0 Å². The lowest BCUT2D eigenvalue weighted by atomic mass is 10.2. The topological polar surface area (TPSA) is 44.9 Å². The number of hydrogen-bond donors (Lipinski definition) is 1. The highest BCUT2D eigenvalue weighted by Crippen LogP contribution is 2.16. The Morgan fingerprint density at radius 1 is 1.00 bits per heavy atom. The first-order valence-electron chi connectivity index (χ1n) is 8.49. The molecule has 2 N–H and O–H groups in total. The van der Waals surface area contributed by atoms with Crippen molar-refractivity contribution in [3.8, 4) is 0 Å². The van der Waals surface area contributed by atoms with Crippen molar-refractivity contribution in [1.82, 2.24) is 4.90 Å². The fourth-order valence-corrected chi connectivity index (χ4v) is 2.84. The molecule has 1 aliphatic heterocycles. The van der Waals surface area contributed by atoms with Crippen LogP contribution in [0.1, 0.15) is 5.56 Å². The third-order valence-electron chi connectivity index (χ3n) is 4.26. The SMILES string of the molecule is NC(=NCC=Cc1ccccc1)N1CCN(c2ccc(F)cc2)CC1. The fourth-order valence-electron chi connectivity index (χ4n) is 2.84. The van der Waals surface area contributed by atoms with Crippen molar-refractivity contribution < 1.29 is 4.39 Å².